The van der Waals surface area contributed by atoms with Crippen LogP contribution in [0.4, 0.5) is 0 Å². The van der Waals surface area contributed by atoms with Crippen molar-refractivity contribution in [2.45, 2.75) is 334 Å². The Labute approximate surface area is 411 Å². The number of allylic oxidation sites excluding steroid dienone is 4. The summed E-state index contributed by atoms with van der Waals surface area (Å²) in [4.78, 5) is 24.5. The third kappa shape index (κ3) is 51.7. The van der Waals surface area contributed by atoms with Gasteiger partial charge in [0, 0.05) is 12.8 Å². The Hall–Kier alpha value is -1.66. The van der Waals surface area contributed by atoms with Gasteiger partial charge in [0.15, 0.2) is 0 Å². The van der Waals surface area contributed by atoms with Crippen LogP contribution in [-0.4, -0.2) is 47.4 Å². The van der Waals surface area contributed by atoms with E-state index in [1.165, 1.54) is 231 Å². The maximum Gasteiger partial charge on any atom is 0.305 e. The van der Waals surface area contributed by atoms with E-state index in [4.69, 9.17) is 4.74 Å². The van der Waals surface area contributed by atoms with Crippen molar-refractivity contribution in [3.05, 3.63) is 24.3 Å². The van der Waals surface area contributed by atoms with Crippen LogP contribution in [0.15, 0.2) is 24.3 Å². The molecule has 0 aromatic rings. The molecule has 6 heteroatoms. The van der Waals surface area contributed by atoms with Gasteiger partial charge in [-0.05, 0) is 44.9 Å². The summed E-state index contributed by atoms with van der Waals surface area (Å²) in [6, 6.07) is -0.586. The molecular formula is C60H115NO5. The molecule has 0 saturated heterocycles. The van der Waals surface area contributed by atoms with Gasteiger partial charge in [-0.1, -0.05) is 289 Å². The van der Waals surface area contributed by atoms with Gasteiger partial charge in [-0.3, -0.25) is 9.59 Å². The summed E-state index contributed by atoms with van der Waals surface area (Å²) in [7, 11) is 0. The van der Waals surface area contributed by atoms with Gasteiger partial charge in [0.1, 0.15) is 0 Å². The van der Waals surface area contributed by atoms with E-state index in [1.807, 2.05) is 6.08 Å². The van der Waals surface area contributed by atoms with Crippen molar-refractivity contribution in [3.63, 3.8) is 0 Å². The molecule has 0 aliphatic rings. The number of carbonyl (C=O) groups is 2. The second-order valence-electron chi connectivity index (χ2n) is 20.3. The Balaban J connectivity index is 3.52. The maximum atomic E-state index is 12.5. The van der Waals surface area contributed by atoms with Crippen LogP contribution < -0.4 is 5.32 Å². The summed E-state index contributed by atoms with van der Waals surface area (Å²) in [5, 5.41) is 23.2. The van der Waals surface area contributed by atoms with Crippen LogP contribution in [0, 0.1) is 0 Å². The Morgan fingerprint density at radius 2 is 0.773 bits per heavy atom. The third-order valence-corrected chi connectivity index (χ3v) is 13.8. The van der Waals surface area contributed by atoms with Crippen LogP contribution in [0.2, 0.25) is 0 Å². The van der Waals surface area contributed by atoms with E-state index in [2.05, 4.69) is 37.4 Å². The van der Waals surface area contributed by atoms with Crippen molar-refractivity contribution in [3.8, 4) is 0 Å². The molecule has 0 aliphatic heterocycles. The van der Waals surface area contributed by atoms with E-state index in [9.17, 15) is 19.8 Å². The van der Waals surface area contributed by atoms with Crippen molar-refractivity contribution in [1.82, 2.24) is 5.32 Å². The Kier molecular flexibility index (Phi) is 54.5. The minimum Gasteiger partial charge on any atom is -0.466 e. The predicted octanol–water partition coefficient (Wildman–Crippen LogP) is 18.2. The number of hydrogen-bond donors (Lipinski definition) is 3. The van der Waals surface area contributed by atoms with Crippen molar-refractivity contribution in [2.24, 2.45) is 0 Å². The lowest BCUT2D eigenvalue weighted by molar-refractivity contribution is -0.143. The fraction of sp³-hybridized carbons (Fsp3) is 0.900. The molecule has 3 N–H and O–H groups in total. The summed E-state index contributed by atoms with van der Waals surface area (Å²) in [5.74, 6) is -0.125. The third-order valence-electron chi connectivity index (χ3n) is 13.8. The number of hydrogen-bond acceptors (Lipinski definition) is 5. The SMILES string of the molecule is CCCCCCCCCCCCCCCCCCCCCCC(O)C(CO)NC(=O)CC/C=C\C/C=C\CCCCCCCCOC(=O)CCCCCCCCCCCCCCCCCC. The number of unbranched alkanes of at least 4 members (excludes halogenated alkanes) is 40. The number of carbonyl (C=O) groups excluding carboxylic acids is 2. The molecule has 0 fully saturated rings. The molecule has 0 radical (unpaired) electrons. The van der Waals surface area contributed by atoms with Crippen LogP contribution in [-0.2, 0) is 14.3 Å². The van der Waals surface area contributed by atoms with Crippen molar-refractivity contribution >= 4 is 11.9 Å². The number of amides is 1. The quantitative estimate of drug-likeness (QED) is 0.0321. The average Bonchev–Trinajstić information content (AvgIpc) is 3.32. The van der Waals surface area contributed by atoms with Crippen LogP contribution in [0.5, 0.6) is 0 Å². The molecule has 0 aromatic heterocycles. The molecule has 390 valence electrons. The number of aliphatic hydroxyl groups excluding tert-OH is 2. The number of aliphatic hydroxyl groups is 2. The Morgan fingerprint density at radius 1 is 0.424 bits per heavy atom. The molecular weight excluding hydrogens is 815 g/mol. The van der Waals surface area contributed by atoms with Gasteiger partial charge in [-0.2, -0.15) is 0 Å². The van der Waals surface area contributed by atoms with Gasteiger partial charge < -0.3 is 20.3 Å². The summed E-state index contributed by atoms with van der Waals surface area (Å²) in [6.07, 6.45) is 67.6. The fourth-order valence-corrected chi connectivity index (χ4v) is 9.22. The molecule has 0 saturated carbocycles. The summed E-state index contributed by atoms with van der Waals surface area (Å²) >= 11 is 0. The smallest absolute Gasteiger partial charge is 0.305 e. The standard InChI is InChI=1S/C60H115NO5/c1-3-5-7-9-11-13-15-17-19-21-22-23-24-25-28-32-36-40-44-48-52-58(63)57(56-62)61-59(64)53-49-45-41-37-33-29-27-31-35-39-43-47-51-55-66-60(65)54-50-46-42-38-34-30-26-20-18-16-14-12-10-8-6-4-2/h29,33,41,45,57-58,62-63H,3-28,30-32,34-40,42-44,46-56H2,1-2H3,(H,61,64)/b33-29-,45-41-. The van der Waals surface area contributed by atoms with Crippen LogP contribution in [0.1, 0.15) is 322 Å². The molecule has 0 heterocycles. The summed E-state index contributed by atoms with van der Waals surface area (Å²) in [5.41, 5.74) is 0. The van der Waals surface area contributed by atoms with E-state index in [-0.39, 0.29) is 18.5 Å². The molecule has 2 atom stereocenters. The average molecular weight is 931 g/mol. The van der Waals surface area contributed by atoms with Crippen molar-refractivity contribution < 1.29 is 24.5 Å². The molecule has 66 heavy (non-hydrogen) atoms. The second-order valence-corrected chi connectivity index (χ2v) is 20.3. The lowest BCUT2D eigenvalue weighted by Gasteiger charge is -2.22. The Morgan fingerprint density at radius 3 is 1.18 bits per heavy atom. The highest BCUT2D eigenvalue weighted by molar-refractivity contribution is 5.76. The van der Waals surface area contributed by atoms with Crippen LogP contribution in [0.25, 0.3) is 0 Å². The number of rotatable bonds is 55. The second kappa shape index (κ2) is 55.9. The van der Waals surface area contributed by atoms with Gasteiger partial charge >= 0.3 is 5.97 Å². The largest absolute Gasteiger partial charge is 0.466 e. The predicted molar refractivity (Wildman–Crippen MR) is 287 cm³/mol. The minimum absolute atomic E-state index is 0.0129. The van der Waals surface area contributed by atoms with Crippen molar-refractivity contribution in [2.75, 3.05) is 13.2 Å². The molecule has 0 spiro atoms. The lowest BCUT2D eigenvalue weighted by Crippen LogP contribution is -2.45. The first-order valence-electron chi connectivity index (χ1n) is 29.6. The first kappa shape index (κ1) is 64.3. The van der Waals surface area contributed by atoms with Gasteiger partial charge in [-0.25, -0.2) is 0 Å². The van der Waals surface area contributed by atoms with E-state index in [1.54, 1.807) is 0 Å². The zero-order valence-corrected chi connectivity index (χ0v) is 44.4. The van der Waals surface area contributed by atoms with E-state index < -0.39 is 12.1 Å². The van der Waals surface area contributed by atoms with Gasteiger partial charge in [0.2, 0.25) is 5.91 Å². The van der Waals surface area contributed by atoms with E-state index in [0.717, 1.165) is 51.4 Å². The first-order chi connectivity index (χ1) is 32.5. The molecule has 0 aromatic carbocycles. The first-order valence-corrected chi connectivity index (χ1v) is 29.6. The number of ether oxygens (including phenoxy) is 1. The maximum absolute atomic E-state index is 12.5. The number of nitrogens with one attached hydrogen (secondary N) is 1. The molecule has 0 aliphatic carbocycles. The molecule has 2 unspecified atom stereocenters. The number of esters is 1. The summed E-state index contributed by atoms with van der Waals surface area (Å²) < 4.78 is 5.47. The van der Waals surface area contributed by atoms with Crippen LogP contribution in [0.3, 0.4) is 0 Å². The van der Waals surface area contributed by atoms with Gasteiger partial charge in [-0.15, -0.1) is 0 Å². The van der Waals surface area contributed by atoms with E-state index >= 15 is 0 Å². The molecule has 0 bridgehead atoms. The zero-order chi connectivity index (χ0) is 47.9. The lowest BCUT2D eigenvalue weighted by atomic mass is 10.0. The monoisotopic (exact) mass is 930 g/mol. The topological polar surface area (TPSA) is 95.9 Å². The highest BCUT2D eigenvalue weighted by atomic mass is 16.5. The minimum atomic E-state index is -0.699. The van der Waals surface area contributed by atoms with Gasteiger partial charge in [0.05, 0.1) is 25.4 Å². The highest BCUT2D eigenvalue weighted by Crippen LogP contribution is 2.18. The fourth-order valence-electron chi connectivity index (χ4n) is 9.22. The molecule has 0 rings (SSSR count). The molecule has 6 nitrogen and oxygen atoms in total. The normalized spacial score (nSPS) is 12.7. The van der Waals surface area contributed by atoms with Gasteiger partial charge in [0.25, 0.3) is 0 Å². The summed E-state index contributed by atoms with van der Waals surface area (Å²) in [6.45, 7) is 4.91. The van der Waals surface area contributed by atoms with E-state index in [0.29, 0.717) is 32.3 Å². The zero-order valence-electron chi connectivity index (χ0n) is 44.4. The van der Waals surface area contributed by atoms with Crippen LogP contribution >= 0.6 is 0 Å². The van der Waals surface area contributed by atoms with Crippen molar-refractivity contribution in [1.29, 1.82) is 0 Å². The molecule has 1 amide bonds. The highest BCUT2D eigenvalue weighted by Gasteiger charge is 2.19. The Bertz CT molecular complexity index is 1030.